The van der Waals surface area contributed by atoms with E-state index in [4.69, 9.17) is 0 Å². The van der Waals surface area contributed by atoms with Gasteiger partial charge in [-0.3, -0.25) is 4.79 Å². The second-order valence-corrected chi connectivity index (χ2v) is 7.87. The van der Waals surface area contributed by atoms with Crippen LogP contribution in [-0.2, 0) is 4.79 Å². The van der Waals surface area contributed by atoms with Crippen molar-refractivity contribution >= 4 is 5.91 Å². The van der Waals surface area contributed by atoms with Gasteiger partial charge in [0.05, 0.1) is 0 Å². The van der Waals surface area contributed by atoms with E-state index in [2.05, 4.69) is 49.3 Å². The third kappa shape index (κ3) is 3.18. The van der Waals surface area contributed by atoms with Crippen LogP contribution in [0.5, 0.6) is 0 Å². The van der Waals surface area contributed by atoms with Crippen molar-refractivity contribution in [3.8, 4) is 0 Å². The molecule has 1 fully saturated rings. The van der Waals surface area contributed by atoms with E-state index in [1.807, 2.05) is 0 Å². The van der Waals surface area contributed by atoms with Gasteiger partial charge in [-0.1, -0.05) is 37.8 Å². The van der Waals surface area contributed by atoms with Crippen molar-refractivity contribution in [3.05, 3.63) is 35.2 Å². The van der Waals surface area contributed by atoms with Crippen LogP contribution in [0, 0.1) is 11.3 Å². The molecule has 3 rings (SSSR count). The van der Waals surface area contributed by atoms with E-state index in [0.717, 1.165) is 25.1 Å². The van der Waals surface area contributed by atoms with Crippen molar-refractivity contribution in [3.63, 3.8) is 0 Å². The van der Waals surface area contributed by atoms with Crippen LogP contribution >= 0.6 is 0 Å². The lowest BCUT2D eigenvalue weighted by Crippen LogP contribution is -2.36. The number of hydrogen-bond acceptors (Lipinski definition) is 2. The fourth-order valence-corrected chi connectivity index (χ4v) is 4.68. The first-order valence-corrected chi connectivity index (χ1v) is 9.71. The molecule has 1 unspecified atom stereocenters. The fourth-order valence-electron chi connectivity index (χ4n) is 4.68. The zero-order valence-electron chi connectivity index (χ0n) is 15.5. The summed E-state index contributed by atoms with van der Waals surface area (Å²) in [5.74, 6) is 0.801. The molecule has 0 radical (unpaired) electrons. The van der Waals surface area contributed by atoms with E-state index in [-0.39, 0.29) is 11.3 Å². The van der Waals surface area contributed by atoms with E-state index in [9.17, 15) is 4.79 Å². The van der Waals surface area contributed by atoms with Gasteiger partial charge in [0.15, 0.2) is 0 Å². The average molecular weight is 329 g/mol. The number of hydrogen-bond donors (Lipinski definition) is 1. The minimum absolute atomic E-state index is 0.137. The molecule has 0 aromatic rings. The molecule has 1 aliphatic heterocycles. The van der Waals surface area contributed by atoms with Gasteiger partial charge < -0.3 is 10.2 Å². The van der Waals surface area contributed by atoms with Crippen molar-refractivity contribution in [1.82, 2.24) is 10.2 Å². The summed E-state index contributed by atoms with van der Waals surface area (Å²) in [6.07, 6.45) is 15.3. The highest BCUT2D eigenvalue weighted by Gasteiger charge is 2.45. The van der Waals surface area contributed by atoms with Gasteiger partial charge in [-0.05, 0) is 51.5 Å². The summed E-state index contributed by atoms with van der Waals surface area (Å²) < 4.78 is 0. The molecule has 3 aliphatic rings. The molecule has 0 bridgehead atoms. The molecule has 1 amide bonds. The number of carbonyl (C=O) groups excluding carboxylic acids is 1. The largest absolute Gasteiger partial charge is 0.352 e. The predicted octanol–water partition coefficient (Wildman–Crippen LogP) is 4.53. The van der Waals surface area contributed by atoms with Crippen molar-refractivity contribution in [2.75, 3.05) is 13.1 Å². The van der Waals surface area contributed by atoms with E-state index in [0.29, 0.717) is 5.92 Å². The number of rotatable bonds is 4. The first-order valence-electron chi connectivity index (χ1n) is 9.71. The van der Waals surface area contributed by atoms with Gasteiger partial charge in [-0.25, -0.2) is 0 Å². The van der Waals surface area contributed by atoms with Crippen LogP contribution in [0.2, 0.25) is 0 Å². The lowest BCUT2D eigenvalue weighted by Gasteiger charge is -2.34. The summed E-state index contributed by atoms with van der Waals surface area (Å²) in [6, 6.07) is 0. The van der Waals surface area contributed by atoms with Crippen LogP contribution in [0.3, 0.4) is 0 Å². The maximum absolute atomic E-state index is 12.9. The maximum atomic E-state index is 12.9. The smallest absolute Gasteiger partial charge is 0.249 e. The normalized spacial score (nSPS) is 27.8. The summed E-state index contributed by atoms with van der Waals surface area (Å²) in [6.45, 7) is 8.29. The Labute approximate surface area is 146 Å². The minimum Gasteiger partial charge on any atom is -0.352 e. The van der Waals surface area contributed by atoms with Crippen LogP contribution < -0.4 is 5.32 Å². The lowest BCUT2D eigenvalue weighted by molar-refractivity contribution is -0.118. The molecule has 1 saturated carbocycles. The molecule has 0 aromatic carbocycles. The van der Waals surface area contributed by atoms with Gasteiger partial charge in [0.1, 0.15) is 0 Å². The Balaban J connectivity index is 1.71. The van der Waals surface area contributed by atoms with Crippen molar-refractivity contribution in [2.24, 2.45) is 11.3 Å². The quantitative estimate of drug-likeness (QED) is 0.769. The molecule has 24 heavy (non-hydrogen) atoms. The molecular weight excluding hydrogens is 296 g/mol. The van der Waals surface area contributed by atoms with Crippen molar-refractivity contribution < 1.29 is 4.79 Å². The second kappa shape index (κ2) is 7.16. The van der Waals surface area contributed by atoms with Gasteiger partial charge in [-0.15, -0.1) is 0 Å². The number of nitrogens with one attached hydrogen (secondary N) is 1. The molecule has 0 saturated heterocycles. The standard InChI is InChI=1S/C21H32N2O/c1-4-23-15-18(21(3)13-9-10-16(2)19(21)23)20(24)22-14-17-11-7-5-6-8-12-17/h9-10,15,17H,4-8,11-14H2,1-3H3,(H,22,24). The Morgan fingerprint density at radius 1 is 1.29 bits per heavy atom. The highest BCUT2D eigenvalue weighted by molar-refractivity contribution is 5.96. The van der Waals surface area contributed by atoms with Crippen LogP contribution in [0.15, 0.2) is 35.2 Å². The van der Waals surface area contributed by atoms with Gasteiger partial charge >= 0.3 is 0 Å². The summed E-state index contributed by atoms with van der Waals surface area (Å²) in [5, 5.41) is 3.26. The minimum atomic E-state index is -0.164. The average Bonchev–Trinajstić information content (AvgIpc) is 2.72. The molecule has 1 N–H and O–H groups in total. The summed E-state index contributed by atoms with van der Waals surface area (Å²) in [5.41, 5.74) is 3.37. The van der Waals surface area contributed by atoms with Crippen LogP contribution in [-0.4, -0.2) is 23.9 Å². The topological polar surface area (TPSA) is 32.3 Å². The number of allylic oxidation sites excluding steroid dienone is 4. The highest BCUT2D eigenvalue weighted by atomic mass is 16.1. The molecule has 1 atom stereocenters. The molecular formula is C21H32N2O. The summed E-state index contributed by atoms with van der Waals surface area (Å²) in [4.78, 5) is 15.2. The van der Waals surface area contributed by atoms with Gasteiger partial charge in [0.2, 0.25) is 5.91 Å². The molecule has 3 nitrogen and oxygen atoms in total. The van der Waals surface area contributed by atoms with Gasteiger partial charge in [0.25, 0.3) is 0 Å². The highest BCUT2D eigenvalue weighted by Crippen LogP contribution is 2.49. The van der Waals surface area contributed by atoms with Crippen LogP contribution in [0.25, 0.3) is 0 Å². The Kier molecular flexibility index (Phi) is 5.17. The zero-order valence-corrected chi connectivity index (χ0v) is 15.5. The maximum Gasteiger partial charge on any atom is 0.249 e. The Morgan fingerprint density at radius 2 is 2.00 bits per heavy atom. The summed E-state index contributed by atoms with van der Waals surface area (Å²) >= 11 is 0. The fraction of sp³-hybridized carbons (Fsp3) is 0.667. The number of fused-ring (bicyclic) bond motifs is 1. The van der Waals surface area contributed by atoms with Crippen LogP contribution in [0.4, 0.5) is 0 Å². The van der Waals surface area contributed by atoms with E-state index < -0.39 is 0 Å². The molecule has 0 spiro atoms. The number of carbonyl (C=O) groups is 1. The van der Waals surface area contributed by atoms with E-state index >= 15 is 0 Å². The zero-order chi connectivity index (χ0) is 17.2. The van der Waals surface area contributed by atoms with Crippen LogP contribution in [0.1, 0.15) is 65.7 Å². The lowest BCUT2D eigenvalue weighted by atomic mass is 9.74. The van der Waals surface area contributed by atoms with Gasteiger partial charge in [0, 0.05) is 36.0 Å². The molecule has 1 heterocycles. The molecule has 3 heteroatoms. The monoisotopic (exact) mass is 328 g/mol. The molecule has 2 aliphatic carbocycles. The Bertz CT molecular complexity index is 579. The number of nitrogens with zero attached hydrogens (tertiary/aromatic N) is 1. The Morgan fingerprint density at radius 3 is 2.67 bits per heavy atom. The first-order chi connectivity index (χ1) is 11.6. The van der Waals surface area contributed by atoms with E-state index in [1.165, 1.54) is 49.8 Å². The van der Waals surface area contributed by atoms with Crippen molar-refractivity contribution in [2.45, 2.75) is 65.7 Å². The number of amides is 1. The summed E-state index contributed by atoms with van der Waals surface area (Å²) in [7, 11) is 0. The van der Waals surface area contributed by atoms with Gasteiger partial charge in [-0.2, -0.15) is 0 Å². The third-order valence-corrected chi connectivity index (χ3v) is 6.07. The van der Waals surface area contributed by atoms with E-state index in [1.54, 1.807) is 0 Å². The molecule has 0 aromatic heterocycles. The SMILES string of the molecule is CCN1C=C(C(=O)NCC2CCCCCC2)C2(C)CC=CC(C)=C12. The Hall–Kier alpha value is -1.51. The predicted molar refractivity (Wildman–Crippen MR) is 99.2 cm³/mol. The first kappa shape index (κ1) is 17.3. The van der Waals surface area contributed by atoms with Crippen molar-refractivity contribution in [1.29, 1.82) is 0 Å². The third-order valence-electron chi connectivity index (χ3n) is 6.07. The molecule has 132 valence electrons. The second-order valence-electron chi connectivity index (χ2n) is 7.87.